The van der Waals surface area contributed by atoms with Crippen molar-refractivity contribution in [3.8, 4) is 0 Å². The van der Waals surface area contributed by atoms with Gasteiger partial charge >= 0.3 is 0 Å². The molecular formula is C21H26F3N5O2. The standard InChI is InChI=1S/C21H26F3N5O2/c22-12-5-9-28(10-6-12)20(31)15-2-1-14(15)17-26-18-16(19(30)27-17)11-25-29(18)13-3-7-21(23,24)8-4-13/h11-15H,1-10H2,(H,26,27,30). The lowest BCUT2D eigenvalue weighted by molar-refractivity contribution is -0.140. The molecule has 3 aliphatic rings. The summed E-state index contributed by atoms with van der Waals surface area (Å²) in [4.78, 5) is 34.8. The Morgan fingerprint density at radius 3 is 2.45 bits per heavy atom. The van der Waals surface area contributed by atoms with Gasteiger partial charge in [0.1, 0.15) is 17.4 Å². The maximum Gasteiger partial charge on any atom is 0.262 e. The zero-order valence-electron chi connectivity index (χ0n) is 17.2. The summed E-state index contributed by atoms with van der Waals surface area (Å²) in [6.07, 6.45) is 2.91. The molecule has 2 unspecified atom stereocenters. The summed E-state index contributed by atoms with van der Waals surface area (Å²) in [6, 6.07) is -0.222. The molecule has 1 amide bonds. The Morgan fingerprint density at radius 2 is 1.81 bits per heavy atom. The number of carbonyl (C=O) groups excluding carboxylic acids is 1. The molecule has 2 aliphatic carbocycles. The van der Waals surface area contributed by atoms with Crippen molar-refractivity contribution in [2.75, 3.05) is 13.1 Å². The molecule has 168 valence electrons. The third-order valence-electron chi connectivity index (χ3n) is 7.19. The van der Waals surface area contributed by atoms with Crippen LogP contribution in [-0.2, 0) is 4.79 Å². The van der Waals surface area contributed by atoms with E-state index in [0.717, 1.165) is 6.42 Å². The number of amides is 1. The number of rotatable bonds is 3. The molecule has 0 bridgehead atoms. The highest BCUT2D eigenvalue weighted by Gasteiger charge is 2.42. The maximum atomic E-state index is 13.6. The van der Waals surface area contributed by atoms with Gasteiger partial charge in [0.15, 0.2) is 5.65 Å². The van der Waals surface area contributed by atoms with Gasteiger partial charge in [-0.2, -0.15) is 5.10 Å². The van der Waals surface area contributed by atoms with Gasteiger partial charge < -0.3 is 9.88 Å². The minimum Gasteiger partial charge on any atom is -0.342 e. The first kappa shape index (κ1) is 20.5. The van der Waals surface area contributed by atoms with E-state index in [1.54, 1.807) is 9.58 Å². The second-order valence-electron chi connectivity index (χ2n) is 9.15. The number of fused-ring (bicyclic) bond motifs is 1. The molecule has 7 nitrogen and oxygen atoms in total. The van der Waals surface area contributed by atoms with Crippen molar-refractivity contribution in [1.29, 1.82) is 0 Å². The monoisotopic (exact) mass is 437 g/mol. The van der Waals surface area contributed by atoms with Crippen molar-refractivity contribution < 1.29 is 18.0 Å². The van der Waals surface area contributed by atoms with Crippen LogP contribution in [0.15, 0.2) is 11.0 Å². The lowest BCUT2D eigenvalue weighted by atomic mass is 9.72. The number of nitrogens with one attached hydrogen (secondary N) is 1. The molecule has 5 rings (SSSR count). The summed E-state index contributed by atoms with van der Waals surface area (Å²) in [6.45, 7) is 0.844. The van der Waals surface area contributed by atoms with E-state index < -0.39 is 12.1 Å². The number of alkyl halides is 3. The predicted octanol–water partition coefficient (Wildman–Crippen LogP) is 3.32. The number of hydrogen-bond donors (Lipinski definition) is 1. The third kappa shape index (κ3) is 3.74. The number of H-pyrrole nitrogens is 1. The first-order valence-electron chi connectivity index (χ1n) is 11.1. The smallest absolute Gasteiger partial charge is 0.262 e. The highest BCUT2D eigenvalue weighted by Crippen LogP contribution is 2.43. The Hall–Kier alpha value is -2.39. The lowest BCUT2D eigenvalue weighted by Crippen LogP contribution is -2.46. The molecule has 0 radical (unpaired) electrons. The quantitative estimate of drug-likeness (QED) is 0.799. The van der Waals surface area contributed by atoms with E-state index in [0.29, 0.717) is 49.2 Å². The molecule has 10 heteroatoms. The van der Waals surface area contributed by atoms with Gasteiger partial charge in [0.05, 0.1) is 12.2 Å². The summed E-state index contributed by atoms with van der Waals surface area (Å²) in [7, 11) is 0. The number of likely N-dealkylation sites (tertiary alicyclic amines) is 1. The SMILES string of the molecule is O=C(C1CCC1c1nc2c(cnn2C2CCC(F)(F)CC2)c(=O)[nH]1)N1CCC(F)CC1. The van der Waals surface area contributed by atoms with Gasteiger partial charge in [-0.1, -0.05) is 0 Å². The van der Waals surface area contributed by atoms with Crippen molar-refractivity contribution >= 4 is 16.9 Å². The van der Waals surface area contributed by atoms with Crippen LogP contribution in [0.3, 0.4) is 0 Å². The lowest BCUT2D eigenvalue weighted by Gasteiger charge is -2.39. The molecule has 1 saturated heterocycles. The van der Waals surface area contributed by atoms with Crippen LogP contribution in [0.2, 0.25) is 0 Å². The number of carbonyl (C=O) groups is 1. The van der Waals surface area contributed by atoms with E-state index in [-0.39, 0.29) is 55.0 Å². The average Bonchev–Trinajstić information content (AvgIpc) is 3.12. The van der Waals surface area contributed by atoms with Crippen LogP contribution in [-0.4, -0.2) is 55.7 Å². The van der Waals surface area contributed by atoms with Crippen LogP contribution in [0, 0.1) is 5.92 Å². The molecule has 2 aromatic rings. The topological polar surface area (TPSA) is 83.9 Å². The van der Waals surface area contributed by atoms with E-state index in [9.17, 15) is 22.8 Å². The van der Waals surface area contributed by atoms with Crippen molar-refractivity contribution in [1.82, 2.24) is 24.6 Å². The van der Waals surface area contributed by atoms with Gasteiger partial charge in [-0.3, -0.25) is 9.59 Å². The molecule has 1 N–H and O–H groups in total. The molecule has 1 aliphatic heterocycles. The predicted molar refractivity (Wildman–Crippen MR) is 107 cm³/mol. The van der Waals surface area contributed by atoms with Crippen LogP contribution in [0.5, 0.6) is 0 Å². The van der Waals surface area contributed by atoms with Crippen LogP contribution in [0.4, 0.5) is 13.2 Å². The van der Waals surface area contributed by atoms with E-state index in [1.807, 2.05) is 0 Å². The molecule has 3 fully saturated rings. The fourth-order valence-corrected chi connectivity index (χ4v) is 5.09. The van der Waals surface area contributed by atoms with Crippen molar-refractivity contribution in [3.63, 3.8) is 0 Å². The van der Waals surface area contributed by atoms with Gasteiger partial charge in [0.2, 0.25) is 11.8 Å². The Balaban J connectivity index is 1.39. The molecule has 2 atom stereocenters. The summed E-state index contributed by atoms with van der Waals surface area (Å²) in [5.41, 5.74) is 0.0639. The maximum absolute atomic E-state index is 13.6. The molecule has 0 spiro atoms. The summed E-state index contributed by atoms with van der Waals surface area (Å²) >= 11 is 0. The zero-order chi connectivity index (χ0) is 21.8. The van der Waals surface area contributed by atoms with E-state index >= 15 is 0 Å². The van der Waals surface area contributed by atoms with Gasteiger partial charge in [0, 0.05) is 37.8 Å². The van der Waals surface area contributed by atoms with E-state index in [1.165, 1.54) is 6.20 Å². The third-order valence-corrected chi connectivity index (χ3v) is 7.19. The van der Waals surface area contributed by atoms with Gasteiger partial charge in [-0.25, -0.2) is 22.8 Å². The second kappa shape index (κ2) is 7.63. The first-order chi connectivity index (χ1) is 14.8. The number of piperidine rings is 1. The van der Waals surface area contributed by atoms with Crippen LogP contribution in [0.25, 0.3) is 11.0 Å². The first-order valence-corrected chi connectivity index (χ1v) is 11.1. The molecule has 2 aromatic heterocycles. The average molecular weight is 437 g/mol. The van der Waals surface area contributed by atoms with Crippen LogP contribution >= 0.6 is 0 Å². The fraction of sp³-hybridized carbons (Fsp3) is 0.714. The van der Waals surface area contributed by atoms with E-state index in [4.69, 9.17) is 0 Å². The highest BCUT2D eigenvalue weighted by atomic mass is 19.3. The van der Waals surface area contributed by atoms with Crippen LogP contribution < -0.4 is 5.56 Å². The Morgan fingerprint density at radius 1 is 1.10 bits per heavy atom. The fourth-order valence-electron chi connectivity index (χ4n) is 5.09. The highest BCUT2D eigenvalue weighted by molar-refractivity contribution is 5.81. The second-order valence-corrected chi connectivity index (χ2v) is 9.15. The Labute approximate surface area is 177 Å². The van der Waals surface area contributed by atoms with Gasteiger partial charge in [-0.15, -0.1) is 0 Å². The molecule has 0 aromatic carbocycles. The Kier molecular flexibility index (Phi) is 5.05. The number of halogens is 3. The molecule has 31 heavy (non-hydrogen) atoms. The van der Waals surface area contributed by atoms with Crippen LogP contribution in [0.1, 0.15) is 69.2 Å². The van der Waals surface area contributed by atoms with E-state index in [2.05, 4.69) is 15.1 Å². The van der Waals surface area contributed by atoms with Gasteiger partial charge in [-0.05, 0) is 38.5 Å². The zero-order valence-corrected chi connectivity index (χ0v) is 17.2. The van der Waals surface area contributed by atoms with Crippen molar-refractivity contribution in [2.24, 2.45) is 5.92 Å². The number of hydrogen-bond acceptors (Lipinski definition) is 4. The molecule has 2 saturated carbocycles. The summed E-state index contributed by atoms with van der Waals surface area (Å²) < 4.78 is 42.1. The Bertz CT molecular complexity index is 1030. The number of nitrogens with zero attached hydrogens (tertiary/aromatic N) is 4. The molecular weight excluding hydrogens is 411 g/mol. The number of aromatic nitrogens is 4. The minimum atomic E-state index is -2.65. The molecule has 3 heterocycles. The number of aromatic amines is 1. The van der Waals surface area contributed by atoms with Crippen molar-refractivity contribution in [3.05, 3.63) is 22.4 Å². The summed E-state index contributed by atoms with van der Waals surface area (Å²) in [5, 5.41) is 4.61. The minimum absolute atomic E-state index is 0.00563. The normalized spacial score (nSPS) is 27.4. The largest absolute Gasteiger partial charge is 0.342 e. The summed E-state index contributed by atoms with van der Waals surface area (Å²) in [5.74, 6) is -2.68. The van der Waals surface area contributed by atoms with Crippen molar-refractivity contribution in [2.45, 2.75) is 75.4 Å². The van der Waals surface area contributed by atoms with Gasteiger partial charge in [0.25, 0.3) is 5.56 Å².